The molecule has 72 valence electrons. The van der Waals surface area contributed by atoms with Crippen LogP contribution < -0.4 is 11.1 Å². The minimum atomic E-state index is 0.240. The van der Waals surface area contributed by atoms with Crippen molar-refractivity contribution in [2.75, 3.05) is 18.1 Å². The molecule has 1 atom stereocenters. The molecule has 0 aliphatic heterocycles. The van der Waals surface area contributed by atoms with E-state index in [0.717, 1.165) is 10.8 Å². The highest BCUT2D eigenvalue weighted by Gasteiger charge is 2.00. The van der Waals surface area contributed by atoms with E-state index in [9.17, 15) is 0 Å². The van der Waals surface area contributed by atoms with Gasteiger partial charge < -0.3 is 11.1 Å². The van der Waals surface area contributed by atoms with E-state index in [1.807, 2.05) is 19.2 Å². The van der Waals surface area contributed by atoms with Crippen LogP contribution in [0, 0.1) is 0 Å². The Bertz CT molecular complexity index is 266. The van der Waals surface area contributed by atoms with Crippen molar-refractivity contribution in [3.8, 4) is 0 Å². The van der Waals surface area contributed by atoms with Gasteiger partial charge in [-0.25, -0.2) is 9.97 Å². The Morgan fingerprint density at radius 2 is 2.38 bits per heavy atom. The van der Waals surface area contributed by atoms with Gasteiger partial charge in [-0.3, -0.25) is 0 Å². The number of thioether (sulfide) groups is 1. The predicted molar refractivity (Wildman–Crippen MR) is 56.0 cm³/mol. The molecule has 0 radical (unpaired) electrons. The fourth-order valence-electron chi connectivity index (χ4n) is 0.841. The molecule has 0 spiro atoms. The van der Waals surface area contributed by atoms with E-state index in [0.29, 0.717) is 6.54 Å². The summed E-state index contributed by atoms with van der Waals surface area (Å²) in [5.41, 5.74) is 5.48. The second-order valence-electron chi connectivity index (χ2n) is 2.73. The number of hydrogen-bond donors (Lipinski definition) is 2. The number of nitrogens with one attached hydrogen (secondary N) is 1. The van der Waals surface area contributed by atoms with Crippen LogP contribution in [0.2, 0.25) is 0 Å². The minimum absolute atomic E-state index is 0.240. The molecular weight excluding hydrogens is 184 g/mol. The third-order valence-corrected chi connectivity index (χ3v) is 2.24. The van der Waals surface area contributed by atoms with Gasteiger partial charge in [0.05, 0.1) is 0 Å². The summed E-state index contributed by atoms with van der Waals surface area (Å²) in [6.45, 7) is 2.61. The van der Waals surface area contributed by atoms with Gasteiger partial charge in [-0.15, -0.1) is 11.8 Å². The SMILES string of the molecule is CSc1cc(NC(C)CN)ncn1. The molecule has 5 heteroatoms. The molecule has 1 rings (SSSR count). The molecule has 0 aliphatic carbocycles. The van der Waals surface area contributed by atoms with Gasteiger partial charge in [-0.1, -0.05) is 0 Å². The second-order valence-corrected chi connectivity index (χ2v) is 3.55. The van der Waals surface area contributed by atoms with Gasteiger partial charge in [0.2, 0.25) is 0 Å². The molecule has 1 heterocycles. The van der Waals surface area contributed by atoms with Gasteiger partial charge in [0.25, 0.3) is 0 Å². The van der Waals surface area contributed by atoms with Crippen LogP contribution >= 0.6 is 11.8 Å². The number of hydrogen-bond acceptors (Lipinski definition) is 5. The molecule has 1 aromatic heterocycles. The number of rotatable bonds is 4. The maximum absolute atomic E-state index is 5.48. The summed E-state index contributed by atoms with van der Waals surface area (Å²) in [5.74, 6) is 0.831. The van der Waals surface area contributed by atoms with Crippen LogP contribution in [-0.2, 0) is 0 Å². The van der Waals surface area contributed by atoms with Crippen LogP contribution in [-0.4, -0.2) is 28.8 Å². The summed E-state index contributed by atoms with van der Waals surface area (Å²) in [7, 11) is 0. The molecule has 13 heavy (non-hydrogen) atoms. The Labute approximate surface area is 82.3 Å². The third-order valence-electron chi connectivity index (χ3n) is 1.60. The summed E-state index contributed by atoms with van der Waals surface area (Å²) in [6, 6.07) is 2.15. The lowest BCUT2D eigenvalue weighted by Crippen LogP contribution is -2.25. The molecule has 3 N–H and O–H groups in total. The van der Waals surface area contributed by atoms with Crippen LogP contribution in [0.4, 0.5) is 5.82 Å². The van der Waals surface area contributed by atoms with Gasteiger partial charge in [-0.2, -0.15) is 0 Å². The summed E-state index contributed by atoms with van der Waals surface area (Å²) < 4.78 is 0. The summed E-state index contributed by atoms with van der Waals surface area (Å²) >= 11 is 1.60. The van der Waals surface area contributed by atoms with Crippen molar-refractivity contribution in [2.24, 2.45) is 5.73 Å². The van der Waals surface area contributed by atoms with Crippen LogP contribution in [0.5, 0.6) is 0 Å². The van der Waals surface area contributed by atoms with Crippen molar-refractivity contribution in [2.45, 2.75) is 18.0 Å². The van der Waals surface area contributed by atoms with Gasteiger partial charge in [0, 0.05) is 18.7 Å². The molecule has 0 amide bonds. The van der Waals surface area contributed by atoms with Crippen LogP contribution in [0.15, 0.2) is 17.4 Å². The first kappa shape index (κ1) is 10.3. The number of aromatic nitrogens is 2. The van der Waals surface area contributed by atoms with E-state index in [1.165, 1.54) is 0 Å². The second kappa shape index (κ2) is 5.04. The Morgan fingerprint density at radius 1 is 1.62 bits per heavy atom. The maximum Gasteiger partial charge on any atom is 0.130 e. The fraction of sp³-hybridized carbons (Fsp3) is 0.500. The zero-order valence-electron chi connectivity index (χ0n) is 7.82. The van der Waals surface area contributed by atoms with Gasteiger partial charge in [0.1, 0.15) is 17.2 Å². The zero-order chi connectivity index (χ0) is 9.68. The highest BCUT2D eigenvalue weighted by atomic mass is 32.2. The predicted octanol–water partition coefficient (Wildman–Crippen LogP) is 0.958. The highest BCUT2D eigenvalue weighted by Crippen LogP contribution is 2.13. The van der Waals surface area contributed by atoms with E-state index < -0.39 is 0 Å². The fourth-order valence-corrected chi connectivity index (χ4v) is 1.22. The molecule has 0 fully saturated rings. The molecular formula is C8H14N4S. The Morgan fingerprint density at radius 3 is 3.00 bits per heavy atom. The quantitative estimate of drug-likeness (QED) is 0.557. The van der Waals surface area contributed by atoms with Crippen molar-refractivity contribution >= 4 is 17.6 Å². The van der Waals surface area contributed by atoms with Crippen LogP contribution in [0.3, 0.4) is 0 Å². The highest BCUT2D eigenvalue weighted by molar-refractivity contribution is 7.98. The zero-order valence-corrected chi connectivity index (χ0v) is 8.64. The smallest absolute Gasteiger partial charge is 0.130 e. The first-order valence-corrected chi connectivity index (χ1v) is 5.31. The molecule has 0 aliphatic rings. The van der Waals surface area contributed by atoms with Gasteiger partial charge in [-0.05, 0) is 13.2 Å². The average Bonchev–Trinajstić information content (AvgIpc) is 2.18. The monoisotopic (exact) mass is 198 g/mol. The van der Waals surface area contributed by atoms with E-state index in [4.69, 9.17) is 5.73 Å². The van der Waals surface area contributed by atoms with Crippen molar-refractivity contribution in [3.05, 3.63) is 12.4 Å². The Kier molecular flexibility index (Phi) is 3.98. The topological polar surface area (TPSA) is 63.8 Å². The van der Waals surface area contributed by atoms with Crippen molar-refractivity contribution < 1.29 is 0 Å². The average molecular weight is 198 g/mol. The Balaban J connectivity index is 2.66. The van der Waals surface area contributed by atoms with E-state index in [2.05, 4.69) is 15.3 Å². The van der Waals surface area contributed by atoms with E-state index >= 15 is 0 Å². The van der Waals surface area contributed by atoms with Crippen molar-refractivity contribution in [1.29, 1.82) is 0 Å². The number of nitrogens with two attached hydrogens (primary N) is 1. The lowest BCUT2D eigenvalue weighted by Gasteiger charge is -2.11. The first-order chi connectivity index (χ1) is 6.26. The standard InChI is InChI=1S/C8H14N4S/c1-6(4-9)12-7-3-8(13-2)11-5-10-7/h3,5-6H,4,9H2,1-2H3,(H,10,11,12). The minimum Gasteiger partial charge on any atom is -0.366 e. The number of anilines is 1. The van der Waals surface area contributed by atoms with Gasteiger partial charge in [0.15, 0.2) is 0 Å². The summed E-state index contributed by atoms with van der Waals surface area (Å²) in [5, 5.41) is 4.14. The largest absolute Gasteiger partial charge is 0.366 e. The third kappa shape index (κ3) is 3.20. The molecule has 0 saturated heterocycles. The summed E-state index contributed by atoms with van der Waals surface area (Å²) in [6.07, 6.45) is 3.54. The van der Waals surface area contributed by atoms with E-state index in [1.54, 1.807) is 18.1 Å². The molecule has 0 aromatic carbocycles. The lowest BCUT2D eigenvalue weighted by molar-refractivity contribution is 0.795. The molecule has 1 unspecified atom stereocenters. The van der Waals surface area contributed by atoms with E-state index in [-0.39, 0.29) is 6.04 Å². The molecule has 1 aromatic rings. The lowest BCUT2D eigenvalue weighted by atomic mass is 10.3. The van der Waals surface area contributed by atoms with Crippen LogP contribution in [0.25, 0.3) is 0 Å². The van der Waals surface area contributed by atoms with Crippen molar-refractivity contribution in [1.82, 2.24) is 9.97 Å². The first-order valence-electron chi connectivity index (χ1n) is 4.09. The Hall–Kier alpha value is -0.810. The normalized spacial score (nSPS) is 12.5. The van der Waals surface area contributed by atoms with Crippen LogP contribution in [0.1, 0.15) is 6.92 Å². The summed E-state index contributed by atoms with van der Waals surface area (Å²) in [4.78, 5) is 8.16. The molecule has 0 bridgehead atoms. The maximum atomic E-state index is 5.48. The number of nitrogens with zero attached hydrogens (tertiary/aromatic N) is 2. The molecule has 4 nitrogen and oxygen atoms in total. The van der Waals surface area contributed by atoms with Gasteiger partial charge >= 0.3 is 0 Å². The molecule has 0 saturated carbocycles. The van der Waals surface area contributed by atoms with Crippen molar-refractivity contribution in [3.63, 3.8) is 0 Å².